The van der Waals surface area contributed by atoms with E-state index in [0.717, 1.165) is 23.3 Å². The van der Waals surface area contributed by atoms with Crippen LogP contribution in [0.25, 0.3) is 10.2 Å². The molecular weight excluding hydrogens is 376 g/mol. The van der Waals surface area contributed by atoms with E-state index in [1.165, 1.54) is 23.5 Å². The summed E-state index contributed by atoms with van der Waals surface area (Å²) in [5, 5.41) is 12.0. The number of likely N-dealkylation sites (N-methyl/N-ethyl adjacent to an activating group) is 1. The van der Waals surface area contributed by atoms with E-state index in [0.29, 0.717) is 18.2 Å². The third kappa shape index (κ3) is 4.18. The van der Waals surface area contributed by atoms with Crippen molar-refractivity contribution < 1.29 is 9.72 Å². The average molecular weight is 398 g/mol. The van der Waals surface area contributed by atoms with E-state index in [1.807, 2.05) is 24.3 Å². The first-order valence-corrected chi connectivity index (χ1v) is 10.00. The number of hydrogen-bond acceptors (Lipinski definition) is 6. The molecule has 1 aromatic heterocycles. The zero-order valence-corrected chi connectivity index (χ0v) is 16.7. The first kappa shape index (κ1) is 19.9. The van der Waals surface area contributed by atoms with Crippen LogP contribution in [0.4, 0.5) is 10.8 Å². The first-order chi connectivity index (χ1) is 13.5. The molecule has 0 aliphatic rings. The van der Waals surface area contributed by atoms with Gasteiger partial charge in [-0.1, -0.05) is 49.4 Å². The number of nitro groups is 1. The Morgan fingerprint density at radius 1 is 1.07 bits per heavy atom. The van der Waals surface area contributed by atoms with Gasteiger partial charge in [0.1, 0.15) is 5.56 Å². The van der Waals surface area contributed by atoms with E-state index >= 15 is 0 Å². The fourth-order valence-corrected chi connectivity index (χ4v) is 3.99. The van der Waals surface area contributed by atoms with Crippen LogP contribution in [0, 0.1) is 10.1 Å². The summed E-state index contributed by atoms with van der Waals surface area (Å²) in [6.07, 6.45) is 0. The summed E-state index contributed by atoms with van der Waals surface area (Å²) in [6, 6.07) is 13.7. The Morgan fingerprint density at radius 2 is 1.75 bits per heavy atom. The second kappa shape index (κ2) is 8.90. The van der Waals surface area contributed by atoms with Gasteiger partial charge >= 0.3 is 0 Å². The van der Waals surface area contributed by atoms with Crippen molar-refractivity contribution in [3.8, 4) is 0 Å². The van der Waals surface area contributed by atoms with Gasteiger partial charge in [0, 0.05) is 19.2 Å². The van der Waals surface area contributed by atoms with Crippen LogP contribution in [0.1, 0.15) is 24.2 Å². The predicted octanol–water partition coefficient (Wildman–Crippen LogP) is 4.19. The van der Waals surface area contributed by atoms with Gasteiger partial charge in [-0.2, -0.15) is 0 Å². The van der Waals surface area contributed by atoms with Crippen molar-refractivity contribution in [2.24, 2.45) is 0 Å². The maximum atomic E-state index is 13.3. The van der Waals surface area contributed by atoms with Gasteiger partial charge in [0.05, 0.1) is 15.1 Å². The molecule has 7 nitrogen and oxygen atoms in total. The third-order valence-corrected chi connectivity index (χ3v) is 5.68. The van der Waals surface area contributed by atoms with E-state index in [9.17, 15) is 14.9 Å². The average Bonchev–Trinajstić information content (AvgIpc) is 3.14. The number of aromatic nitrogens is 1. The van der Waals surface area contributed by atoms with Gasteiger partial charge in [-0.3, -0.25) is 19.8 Å². The van der Waals surface area contributed by atoms with Crippen LogP contribution in [-0.4, -0.2) is 46.9 Å². The molecule has 0 bridgehead atoms. The van der Waals surface area contributed by atoms with Gasteiger partial charge < -0.3 is 4.90 Å². The summed E-state index contributed by atoms with van der Waals surface area (Å²) >= 11 is 1.42. The summed E-state index contributed by atoms with van der Waals surface area (Å²) in [7, 11) is 0. The number of carbonyl (C=O) groups is 1. The fourth-order valence-electron chi connectivity index (χ4n) is 3.00. The second-order valence-corrected chi connectivity index (χ2v) is 7.23. The van der Waals surface area contributed by atoms with Crippen molar-refractivity contribution >= 4 is 38.3 Å². The van der Waals surface area contributed by atoms with Crippen molar-refractivity contribution in [1.29, 1.82) is 0 Å². The minimum atomic E-state index is -0.520. The molecule has 0 saturated heterocycles. The fraction of sp³-hybridized carbons (Fsp3) is 0.300. The number of carbonyl (C=O) groups excluding carboxylic acids is 1. The molecule has 1 heterocycles. The molecule has 3 rings (SSSR count). The quantitative estimate of drug-likeness (QED) is 0.420. The second-order valence-electron chi connectivity index (χ2n) is 6.22. The summed E-state index contributed by atoms with van der Waals surface area (Å²) in [6.45, 7) is 6.93. The lowest BCUT2D eigenvalue weighted by molar-refractivity contribution is -0.385. The molecule has 3 aromatic rings. The van der Waals surface area contributed by atoms with Crippen LogP contribution in [-0.2, 0) is 0 Å². The van der Waals surface area contributed by atoms with Crippen LogP contribution in [0.2, 0.25) is 0 Å². The van der Waals surface area contributed by atoms with Crippen LogP contribution >= 0.6 is 11.3 Å². The summed E-state index contributed by atoms with van der Waals surface area (Å²) < 4.78 is 0.973. The van der Waals surface area contributed by atoms with Crippen LogP contribution < -0.4 is 4.90 Å². The molecule has 1 amide bonds. The Balaban J connectivity index is 2.00. The highest BCUT2D eigenvalue weighted by molar-refractivity contribution is 7.22. The Kier molecular flexibility index (Phi) is 6.33. The zero-order valence-electron chi connectivity index (χ0n) is 15.9. The number of benzene rings is 2. The Hall–Kier alpha value is -2.84. The molecule has 0 spiro atoms. The van der Waals surface area contributed by atoms with E-state index in [-0.39, 0.29) is 11.3 Å². The molecule has 0 N–H and O–H groups in total. The molecule has 0 radical (unpaired) electrons. The predicted molar refractivity (Wildman–Crippen MR) is 112 cm³/mol. The van der Waals surface area contributed by atoms with E-state index in [4.69, 9.17) is 0 Å². The van der Waals surface area contributed by atoms with E-state index in [1.54, 1.807) is 17.0 Å². The number of thiazole rings is 1. The molecular formula is C20H22N4O3S. The number of rotatable bonds is 8. The van der Waals surface area contributed by atoms with E-state index < -0.39 is 10.8 Å². The largest absolute Gasteiger partial charge is 0.302 e. The summed E-state index contributed by atoms with van der Waals surface area (Å²) in [4.78, 5) is 32.5. The van der Waals surface area contributed by atoms with Crippen molar-refractivity contribution in [3.05, 3.63) is 64.2 Å². The number of fused-ring (bicyclic) bond motifs is 1. The van der Waals surface area contributed by atoms with Crippen LogP contribution in [0.15, 0.2) is 48.5 Å². The van der Waals surface area contributed by atoms with Crippen LogP contribution in [0.5, 0.6) is 0 Å². The van der Waals surface area contributed by atoms with Gasteiger partial charge in [0.2, 0.25) is 0 Å². The van der Waals surface area contributed by atoms with Gasteiger partial charge in [-0.15, -0.1) is 0 Å². The molecule has 0 saturated carbocycles. The summed E-state index contributed by atoms with van der Waals surface area (Å²) in [5.74, 6) is -0.404. The van der Waals surface area contributed by atoms with Gasteiger partial charge in [0.25, 0.3) is 11.6 Å². The zero-order chi connectivity index (χ0) is 20.1. The first-order valence-electron chi connectivity index (χ1n) is 9.18. The lowest BCUT2D eigenvalue weighted by Crippen LogP contribution is -2.39. The van der Waals surface area contributed by atoms with Crippen molar-refractivity contribution in [3.63, 3.8) is 0 Å². The highest BCUT2D eigenvalue weighted by atomic mass is 32.1. The summed E-state index contributed by atoms with van der Waals surface area (Å²) in [5.41, 5.74) is 0.693. The third-order valence-electron chi connectivity index (χ3n) is 4.62. The van der Waals surface area contributed by atoms with E-state index in [2.05, 4.69) is 23.7 Å². The molecule has 28 heavy (non-hydrogen) atoms. The SMILES string of the molecule is CCN(CC)CCN(C(=O)c1ccccc1[N+](=O)[O-])c1nc2ccccc2s1. The molecule has 0 aliphatic heterocycles. The topological polar surface area (TPSA) is 79.6 Å². The molecule has 0 fully saturated rings. The highest BCUT2D eigenvalue weighted by Crippen LogP contribution is 2.30. The molecule has 2 aromatic carbocycles. The van der Waals surface area contributed by atoms with Gasteiger partial charge in [-0.05, 0) is 31.3 Å². The van der Waals surface area contributed by atoms with Crippen molar-refractivity contribution in [1.82, 2.24) is 9.88 Å². The highest BCUT2D eigenvalue weighted by Gasteiger charge is 2.27. The number of nitrogens with zero attached hydrogens (tertiary/aromatic N) is 4. The maximum absolute atomic E-state index is 13.3. The monoisotopic (exact) mass is 398 g/mol. The number of amides is 1. The molecule has 0 atom stereocenters. The minimum absolute atomic E-state index is 0.0753. The molecule has 0 unspecified atom stereocenters. The number of nitro benzene ring substituents is 1. The smallest absolute Gasteiger partial charge is 0.282 e. The molecule has 146 valence electrons. The maximum Gasteiger partial charge on any atom is 0.282 e. The van der Waals surface area contributed by atoms with Crippen molar-refractivity contribution in [2.75, 3.05) is 31.1 Å². The Morgan fingerprint density at radius 3 is 2.43 bits per heavy atom. The van der Waals surface area contributed by atoms with Crippen LogP contribution in [0.3, 0.4) is 0 Å². The molecule has 0 aliphatic carbocycles. The number of hydrogen-bond donors (Lipinski definition) is 0. The minimum Gasteiger partial charge on any atom is -0.302 e. The normalized spacial score (nSPS) is 11.1. The lowest BCUT2D eigenvalue weighted by atomic mass is 10.1. The molecule has 8 heteroatoms. The van der Waals surface area contributed by atoms with Gasteiger partial charge in [-0.25, -0.2) is 4.98 Å². The lowest BCUT2D eigenvalue weighted by Gasteiger charge is -2.24. The van der Waals surface area contributed by atoms with Gasteiger partial charge in [0.15, 0.2) is 5.13 Å². The standard InChI is InChI=1S/C20H22N4O3S/c1-3-22(4-2)13-14-23(20-21-16-10-6-8-12-18(16)28-20)19(25)15-9-5-7-11-17(15)24(26)27/h5-12H,3-4,13-14H2,1-2H3. The Bertz CT molecular complexity index is 951. The number of anilines is 1. The number of para-hydroxylation sites is 2. The Labute approximate surface area is 167 Å². The van der Waals surface area contributed by atoms with Crippen molar-refractivity contribution in [2.45, 2.75) is 13.8 Å².